The van der Waals surface area contributed by atoms with E-state index in [1.165, 1.54) is 12.1 Å². The number of fused-ring (bicyclic) bond motifs is 1. The van der Waals surface area contributed by atoms with Gasteiger partial charge in [-0.2, -0.15) is 5.10 Å². The zero-order chi connectivity index (χ0) is 10.8. The van der Waals surface area contributed by atoms with Crippen molar-refractivity contribution in [1.29, 1.82) is 0 Å². The maximum absolute atomic E-state index is 10.6. The number of hydrogen-bond donors (Lipinski definition) is 0. The molecular formula is C10H7N3O2. The lowest BCUT2D eigenvalue weighted by Gasteiger charge is -1.97. The van der Waals surface area contributed by atoms with E-state index in [2.05, 4.69) is 11.0 Å². The lowest BCUT2D eigenvalue weighted by atomic mass is 10.2. The maximum Gasteiger partial charge on any atom is 0.271 e. The van der Waals surface area contributed by atoms with Crippen LogP contribution in [0, 0.1) is 22.5 Å². The molecule has 2 aromatic rings. The first kappa shape index (κ1) is 9.21. The second kappa shape index (κ2) is 3.42. The summed E-state index contributed by atoms with van der Waals surface area (Å²) in [6, 6.07) is 4.58. The highest BCUT2D eigenvalue weighted by Crippen LogP contribution is 2.20. The lowest BCUT2D eigenvalue weighted by Crippen LogP contribution is -1.97. The van der Waals surface area contributed by atoms with E-state index in [0.717, 1.165) is 5.39 Å². The van der Waals surface area contributed by atoms with Crippen molar-refractivity contribution in [1.82, 2.24) is 9.78 Å². The van der Waals surface area contributed by atoms with Gasteiger partial charge in [0.05, 0.1) is 16.6 Å². The van der Waals surface area contributed by atoms with E-state index >= 15 is 0 Å². The Morgan fingerprint density at radius 3 is 3.07 bits per heavy atom. The van der Waals surface area contributed by atoms with Crippen LogP contribution in [0.15, 0.2) is 24.4 Å². The number of benzene rings is 1. The van der Waals surface area contributed by atoms with Gasteiger partial charge in [-0.25, -0.2) is 0 Å². The third-order valence-electron chi connectivity index (χ3n) is 2.08. The highest BCUT2D eigenvalue weighted by Gasteiger charge is 2.09. The van der Waals surface area contributed by atoms with Gasteiger partial charge in [0, 0.05) is 17.5 Å². The molecule has 1 aromatic heterocycles. The Labute approximate surface area is 85.5 Å². The van der Waals surface area contributed by atoms with Crippen molar-refractivity contribution >= 4 is 16.6 Å². The van der Waals surface area contributed by atoms with Gasteiger partial charge in [0.2, 0.25) is 0 Å². The fourth-order valence-corrected chi connectivity index (χ4v) is 1.38. The molecule has 5 nitrogen and oxygen atoms in total. The molecule has 0 saturated carbocycles. The molecule has 0 aliphatic carbocycles. The van der Waals surface area contributed by atoms with E-state index in [1.54, 1.807) is 16.9 Å². The van der Waals surface area contributed by atoms with Crippen LogP contribution in [0.2, 0.25) is 0 Å². The van der Waals surface area contributed by atoms with Crippen LogP contribution in [0.25, 0.3) is 10.9 Å². The Morgan fingerprint density at radius 2 is 2.40 bits per heavy atom. The zero-order valence-corrected chi connectivity index (χ0v) is 7.75. The summed E-state index contributed by atoms with van der Waals surface area (Å²) >= 11 is 0. The molecular weight excluding hydrogens is 194 g/mol. The smallest absolute Gasteiger partial charge is 0.258 e. The molecule has 0 unspecified atom stereocenters. The summed E-state index contributed by atoms with van der Waals surface area (Å²) < 4.78 is 1.56. The van der Waals surface area contributed by atoms with Crippen LogP contribution in [-0.4, -0.2) is 14.7 Å². The van der Waals surface area contributed by atoms with Crippen LogP contribution in [0.4, 0.5) is 5.69 Å². The molecule has 0 atom stereocenters. The normalized spacial score (nSPS) is 10.1. The van der Waals surface area contributed by atoms with E-state index in [9.17, 15) is 10.1 Å². The fraction of sp³-hybridized carbons (Fsp3) is 0.100. The third-order valence-corrected chi connectivity index (χ3v) is 2.08. The van der Waals surface area contributed by atoms with Gasteiger partial charge in [0.25, 0.3) is 5.69 Å². The average Bonchev–Trinajstić information content (AvgIpc) is 2.61. The number of non-ortho nitro benzene ring substituents is 1. The Bertz CT molecular complexity index is 566. The second-order valence-corrected chi connectivity index (χ2v) is 3.01. The highest BCUT2D eigenvalue weighted by molar-refractivity contribution is 5.81. The van der Waals surface area contributed by atoms with E-state index in [1.807, 2.05) is 0 Å². The number of hydrogen-bond acceptors (Lipinski definition) is 3. The zero-order valence-electron chi connectivity index (χ0n) is 7.75. The van der Waals surface area contributed by atoms with Crippen LogP contribution in [0.5, 0.6) is 0 Å². The minimum absolute atomic E-state index is 0.0428. The highest BCUT2D eigenvalue weighted by atomic mass is 16.6. The van der Waals surface area contributed by atoms with Gasteiger partial charge in [0.15, 0.2) is 0 Å². The van der Waals surface area contributed by atoms with Gasteiger partial charge in [-0.3, -0.25) is 14.8 Å². The van der Waals surface area contributed by atoms with Crippen molar-refractivity contribution in [2.24, 2.45) is 0 Å². The predicted molar refractivity (Wildman–Crippen MR) is 55.2 cm³/mol. The summed E-state index contributed by atoms with van der Waals surface area (Å²) in [5.41, 5.74) is 0.725. The van der Waals surface area contributed by atoms with Gasteiger partial charge in [-0.1, -0.05) is 5.92 Å². The van der Waals surface area contributed by atoms with Crippen LogP contribution in [-0.2, 0) is 6.54 Å². The molecule has 5 heteroatoms. The van der Waals surface area contributed by atoms with Crippen molar-refractivity contribution in [3.63, 3.8) is 0 Å². The fourth-order valence-electron chi connectivity index (χ4n) is 1.38. The summed E-state index contributed by atoms with van der Waals surface area (Å²) in [6.45, 7) is 0.310. The number of nitro benzene ring substituents is 1. The predicted octanol–water partition coefficient (Wildman–Crippen LogP) is 1.58. The summed E-state index contributed by atoms with van der Waals surface area (Å²) in [5.74, 6) is 2.44. The van der Waals surface area contributed by atoms with Crippen LogP contribution < -0.4 is 0 Å². The Morgan fingerprint density at radius 1 is 1.60 bits per heavy atom. The SMILES string of the molecule is C#CCn1ncc2ccc([N+](=O)[O-])cc21. The van der Waals surface area contributed by atoms with E-state index in [4.69, 9.17) is 6.42 Å². The van der Waals surface area contributed by atoms with Gasteiger partial charge in [-0.15, -0.1) is 6.42 Å². The Hall–Kier alpha value is -2.35. The number of terminal acetylenes is 1. The van der Waals surface area contributed by atoms with Crippen LogP contribution in [0.1, 0.15) is 0 Å². The minimum atomic E-state index is -0.438. The first-order valence-corrected chi connectivity index (χ1v) is 4.26. The molecule has 1 aromatic carbocycles. The molecule has 0 amide bonds. The average molecular weight is 201 g/mol. The number of nitro groups is 1. The molecule has 1 heterocycles. The van der Waals surface area contributed by atoms with Crippen molar-refractivity contribution < 1.29 is 4.92 Å². The number of aromatic nitrogens is 2. The summed E-state index contributed by atoms with van der Waals surface area (Å²) in [7, 11) is 0. The summed E-state index contributed by atoms with van der Waals surface area (Å²) in [6.07, 6.45) is 6.80. The van der Waals surface area contributed by atoms with Crippen molar-refractivity contribution in [3.8, 4) is 12.3 Å². The van der Waals surface area contributed by atoms with E-state index in [0.29, 0.717) is 12.1 Å². The Balaban J connectivity index is 2.62. The summed E-state index contributed by atoms with van der Waals surface area (Å²) in [5, 5.41) is 15.5. The van der Waals surface area contributed by atoms with E-state index in [-0.39, 0.29) is 5.69 Å². The molecule has 0 radical (unpaired) electrons. The molecule has 74 valence electrons. The maximum atomic E-state index is 10.6. The Kier molecular flexibility index (Phi) is 2.10. The van der Waals surface area contributed by atoms with Crippen molar-refractivity contribution in [3.05, 3.63) is 34.5 Å². The molecule has 0 aliphatic rings. The molecule has 0 bridgehead atoms. The standard InChI is InChI=1S/C10H7N3O2/c1-2-5-12-10-6-9(13(14)15)4-3-8(10)7-11-12/h1,3-4,6-7H,5H2. The first-order valence-electron chi connectivity index (χ1n) is 4.26. The monoisotopic (exact) mass is 201 g/mol. The number of nitrogens with zero attached hydrogens (tertiary/aromatic N) is 3. The quantitative estimate of drug-likeness (QED) is 0.421. The number of rotatable bonds is 2. The van der Waals surface area contributed by atoms with Crippen molar-refractivity contribution in [2.75, 3.05) is 0 Å². The van der Waals surface area contributed by atoms with Crippen LogP contribution >= 0.6 is 0 Å². The van der Waals surface area contributed by atoms with Gasteiger partial charge in [0.1, 0.15) is 6.54 Å². The topological polar surface area (TPSA) is 61.0 Å². The lowest BCUT2D eigenvalue weighted by molar-refractivity contribution is -0.384. The molecule has 0 fully saturated rings. The molecule has 2 rings (SSSR count). The molecule has 0 aliphatic heterocycles. The summed E-state index contributed by atoms with van der Waals surface area (Å²) in [4.78, 5) is 10.1. The molecule has 0 N–H and O–H groups in total. The minimum Gasteiger partial charge on any atom is -0.258 e. The molecule has 15 heavy (non-hydrogen) atoms. The third kappa shape index (κ3) is 1.53. The van der Waals surface area contributed by atoms with Crippen LogP contribution in [0.3, 0.4) is 0 Å². The van der Waals surface area contributed by atoms with Gasteiger partial charge in [-0.05, 0) is 6.07 Å². The first-order chi connectivity index (χ1) is 7.22. The largest absolute Gasteiger partial charge is 0.271 e. The van der Waals surface area contributed by atoms with Gasteiger partial charge < -0.3 is 0 Å². The molecule has 0 spiro atoms. The molecule has 0 saturated heterocycles. The van der Waals surface area contributed by atoms with Crippen molar-refractivity contribution in [2.45, 2.75) is 6.54 Å². The van der Waals surface area contributed by atoms with Gasteiger partial charge >= 0.3 is 0 Å². The van der Waals surface area contributed by atoms with E-state index < -0.39 is 4.92 Å². The second-order valence-electron chi connectivity index (χ2n) is 3.01.